The Morgan fingerprint density at radius 3 is 1.46 bits per heavy atom. The molecule has 0 heterocycles. The first-order valence-corrected chi connectivity index (χ1v) is 18.1. The van der Waals surface area contributed by atoms with Crippen molar-refractivity contribution in [3.8, 4) is 33.4 Å². The highest BCUT2D eigenvalue weighted by molar-refractivity contribution is 5.92. The fourth-order valence-corrected chi connectivity index (χ4v) is 8.19. The van der Waals surface area contributed by atoms with Crippen LogP contribution in [0.1, 0.15) is 33.4 Å². The summed E-state index contributed by atoms with van der Waals surface area (Å²) in [5.41, 5.74) is 17.9. The van der Waals surface area contributed by atoms with Crippen LogP contribution in [0.15, 0.2) is 200 Å². The zero-order chi connectivity index (χ0) is 35.1. The van der Waals surface area contributed by atoms with Gasteiger partial charge in [-0.25, -0.2) is 0 Å². The number of aryl methyl sites for hydroxylation is 2. The highest BCUT2D eigenvalue weighted by Gasteiger charge is 2.46. The van der Waals surface area contributed by atoms with E-state index in [0.29, 0.717) is 0 Å². The molecule has 1 aliphatic carbocycles. The molecule has 0 spiro atoms. The summed E-state index contributed by atoms with van der Waals surface area (Å²) in [6.45, 7) is 4.34. The summed E-state index contributed by atoms with van der Waals surface area (Å²) in [7, 11) is 0. The predicted octanol–water partition coefficient (Wildman–Crippen LogP) is 13.5. The first-order valence-electron chi connectivity index (χ1n) is 18.1. The van der Waals surface area contributed by atoms with Gasteiger partial charge in [-0.15, -0.1) is 0 Å². The van der Waals surface area contributed by atoms with Crippen LogP contribution in [0.3, 0.4) is 0 Å². The van der Waals surface area contributed by atoms with E-state index in [1.54, 1.807) is 0 Å². The van der Waals surface area contributed by atoms with E-state index in [9.17, 15) is 0 Å². The third-order valence-electron chi connectivity index (χ3n) is 10.7. The lowest BCUT2D eigenvalue weighted by atomic mass is 9.67. The van der Waals surface area contributed by atoms with Crippen LogP contribution in [0.5, 0.6) is 0 Å². The SMILES string of the molecule is Cc1ccc(C2(c3ccc(C)cc3)c3ccccc3-c3ccc(N(c4ccc(-c5ccccc5)cc4)c4ccccc4-c4ccccc4)cc32)cc1. The van der Waals surface area contributed by atoms with Crippen LogP contribution in [0, 0.1) is 13.8 Å². The molecule has 248 valence electrons. The molecule has 0 amide bonds. The van der Waals surface area contributed by atoms with Gasteiger partial charge in [0.2, 0.25) is 0 Å². The second-order valence-corrected chi connectivity index (χ2v) is 13.9. The summed E-state index contributed by atoms with van der Waals surface area (Å²) >= 11 is 0. The van der Waals surface area contributed by atoms with Gasteiger partial charge in [-0.1, -0.05) is 181 Å². The minimum Gasteiger partial charge on any atom is -0.310 e. The van der Waals surface area contributed by atoms with Crippen molar-refractivity contribution in [2.45, 2.75) is 19.3 Å². The van der Waals surface area contributed by atoms with Crippen molar-refractivity contribution < 1.29 is 0 Å². The maximum Gasteiger partial charge on any atom is 0.0714 e. The maximum absolute atomic E-state index is 2.46. The number of hydrogen-bond acceptors (Lipinski definition) is 1. The monoisotopic (exact) mass is 665 g/mol. The van der Waals surface area contributed by atoms with Gasteiger partial charge in [0.25, 0.3) is 0 Å². The lowest BCUT2D eigenvalue weighted by molar-refractivity contribution is 0.767. The Bertz CT molecular complexity index is 2450. The summed E-state index contributed by atoms with van der Waals surface area (Å²) in [6.07, 6.45) is 0. The Kier molecular flexibility index (Phi) is 7.90. The lowest BCUT2D eigenvalue weighted by Gasteiger charge is -2.35. The van der Waals surface area contributed by atoms with Crippen molar-refractivity contribution >= 4 is 17.1 Å². The fourth-order valence-electron chi connectivity index (χ4n) is 8.19. The Morgan fingerprint density at radius 1 is 0.346 bits per heavy atom. The van der Waals surface area contributed by atoms with Gasteiger partial charge in [0.1, 0.15) is 0 Å². The number of nitrogens with zero attached hydrogens (tertiary/aromatic N) is 1. The van der Waals surface area contributed by atoms with E-state index in [4.69, 9.17) is 0 Å². The molecule has 0 atom stereocenters. The summed E-state index contributed by atoms with van der Waals surface area (Å²) in [5, 5.41) is 0. The number of rotatable bonds is 7. The highest BCUT2D eigenvalue weighted by atomic mass is 15.1. The van der Waals surface area contributed by atoms with E-state index in [2.05, 4.69) is 219 Å². The van der Waals surface area contributed by atoms with Gasteiger partial charge in [0.15, 0.2) is 0 Å². The standard InChI is InChI=1S/C51H39N/c1-36-21-27-41(28-22-36)51(42-29-23-37(2)24-30-42)48-19-11-9-18-46(48)47-34-33-44(35-49(47)51)52(43-31-25-39(26-32-43)38-13-5-3-6-14-38)50-20-12-10-17-45(50)40-15-7-4-8-16-40/h3-35H,1-2H3. The van der Waals surface area contributed by atoms with E-state index >= 15 is 0 Å². The number of benzene rings is 8. The van der Waals surface area contributed by atoms with Crippen LogP contribution in [-0.2, 0) is 5.41 Å². The van der Waals surface area contributed by atoms with Crippen LogP contribution >= 0.6 is 0 Å². The summed E-state index contributed by atoms with van der Waals surface area (Å²) in [5.74, 6) is 0. The maximum atomic E-state index is 2.46. The molecule has 1 heteroatoms. The molecule has 1 aliphatic rings. The number of para-hydroxylation sites is 1. The summed E-state index contributed by atoms with van der Waals surface area (Å²) < 4.78 is 0. The van der Waals surface area contributed by atoms with E-state index in [1.165, 1.54) is 66.8 Å². The molecular formula is C51H39N. The minimum absolute atomic E-state index is 0.495. The molecule has 0 aromatic heterocycles. The van der Waals surface area contributed by atoms with E-state index < -0.39 is 5.41 Å². The average molecular weight is 666 g/mol. The third-order valence-corrected chi connectivity index (χ3v) is 10.7. The molecule has 52 heavy (non-hydrogen) atoms. The first kappa shape index (κ1) is 31.5. The summed E-state index contributed by atoms with van der Waals surface area (Å²) in [4.78, 5) is 2.44. The molecule has 0 unspecified atom stereocenters. The predicted molar refractivity (Wildman–Crippen MR) is 219 cm³/mol. The van der Waals surface area contributed by atoms with Crippen molar-refractivity contribution in [3.05, 3.63) is 234 Å². The molecule has 8 aromatic carbocycles. The normalized spacial score (nSPS) is 12.6. The molecule has 0 aliphatic heterocycles. The zero-order valence-corrected chi connectivity index (χ0v) is 29.5. The Hall–Kier alpha value is -6.44. The molecule has 0 saturated heterocycles. The number of anilines is 3. The topological polar surface area (TPSA) is 3.24 Å². The molecule has 9 rings (SSSR count). The Labute approximate surface area is 307 Å². The molecule has 0 saturated carbocycles. The van der Waals surface area contributed by atoms with Crippen LogP contribution in [0.2, 0.25) is 0 Å². The first-order chi connectivity index (χ1) is 25.6. The van der Waals surface area contributed by atoms with Gasteiger partial charge in [-0.2, -0.15) is 0 Å². The van der Waals surface area contributed by atoms with Crippen molar-refractivity contribution in [2.75, 3.05) is 4.90 Å². The van der Waals surface area contributed by atoms with Gasteiger partial charge in [0.05, 0.1) is 11.1 Å². The van der Waals surface area contributed by atoms with E-state index in [-0.39, 0.29) is 0 Å². The van der Waals surface area contributed by atoms with Crippen molar-refractivity contribution in [3.63, 3.8) is 0 Å². The number of fused-ring (bicyclic) bond motifs is 3. The van der Waals surface area contributed by atoms with Crippen LogP contribution in [0.4, 0.5) is 17.1 Å². The van der Waals surface area contributed by atoms with Crippen molar-refractivity contribution in [1.29, 1.82) is 0 Å². The Morgan fingerprint density at radius 2 is 0.827 bits per heavy atom. The van der Waals surface area contributed by atoms with Gasteiger partial charge >= 0.3 is 0 Å². The van der Waals surface area contributed by atoms with Gasteiger partial charge in [-0.3, -0.25) is 0 Å². The average Bonchev–Trinajstić information content (AvgIpc) is 3.50. The molecule has 0 N–H and O–H groups in total. The third kappa shape index (κ3) is 5.25. The van der Waals surface area contributed by atoms with Crippen molar-refractivity contribution in [2.24, 2.45) is 0 Å². The molecule has 8 aromatic rings. The lowest BCUT2D eigenvalue weighted by Crippen LogP contribution is -2.29. The smallest absolute Gasteiger partial charge is 0.0714 e. The summed E-state index contributed by atoms with van der Waals surface area (Å²) in [6, 6.07) is 73.6. The molecule has 0 bridgehead atoms. The second-order valence-electron chi connectivity index (χ2n) is 13.9. The minimum atomic E-state index is -0.495. The Balaban J connectivity index is 1.31. The number of hydrogen-bond donors (Lipinski definition) is 0. The van der Waals surface area contributed by atoms with Gasteiger partial charge in [-0.05, 0) is 94.3 Å². The molecule has 1 nitrogen and oxygen atoms in total. The molecule has 0 radical (unpaired) electrons. The van der Waals surface area contributed by atoms with Crippen LogP contribution in [0.25, 0.3) is 33.4 Å². The van der Waals surface area contributed by atoms with Gasteiger partial charge < -0.3 is 4.90 Å². The van der Waals surface area contributed by atoms with Gasteiger partial charge in [0, 0.05) is 16.9 Å². The second kappa shape index (κ2) is 13.0. The largest absolute Gasteiger partial charge is 0.310 e. The molecule has 0 fully saturated rings. The van der Waals surface area contributed by atoms with Crippen LogP contribution < -0.4 is 4.90 Å². The fraction of sp³-hybridized carbons (Fsp3) is 0.0588. The zero-order valence-electron chi connectivity index (χ0n) is 29.5. The van der Waals surface area contributed by atoms with Crippen LogP contribution in [-0.4, -0.2) is 0 Å². The molecular weight excluding hydrogens is 627 g/mol. The highest BCUT2D eigenvalue weighted by Crippen LogP contribution is 2.57. The van der Waals surface area contributed by atoms with E-state index in [0.717, 1.165) is 17.1 Å². The van der Waals surface area contributed by atoms with E-state index in [1.807, 2.05) is 0 Å². The quantitative estimate of drug-likeness (QED) is 0.164. The van der Waals surface area contributed by atoms with Crippen molar-refractivity contribution in [1.82, 2.24) is 0 Å².